The summed E-state index contributed by atoms with van der Waals surface area (Å²) >= 11 is 0. The van der Waals surface area contributed by atoms with Crippen molar-refractivity contribution in [2.75, 3.05) is 39.9 Å². The molecule has 2 saturated heterocycles. The van der Waals surface area contributed by atoms with Gasteiger partial charge in [-0.1, -0.05) is 0 Å². The van der Waals surface area contributed by atoms with Crippen LogP contribution in [0.4, 0.5) is 0 Å². The summed E-state index contributed by atoms with van der Waals surface area (Å²) in [7, 11) is 1.52. The molecular weight excluding hydrogens is 318 g/mol. The van der Waals surface area contributed by atoms with Gasteiger partial charge in [-0.3, -0.25) is 9.69 Å². The monoisotopic (exact) mass is 343 g/mol. The number of piperidine rings is 1. The lowest BCUT2D eigenvalue weighted by Crippen LogP contribution is -2.50. The molecule has 6 nitrogen and oxygen atoms in total. The number of benzene rings is 1. The van der Waals surface area contributed by atoms with Crippen molar-refractivity contribution in [3.8, 4) is 17.6 Å². The van der Waals surface area contributed by atoms with Crippen LogP contribution in [0.5, 0.6) is 11.5 Å². The molecule has 2 fully saturated rings. The molecular formula is C19H25N3O3. The molecule has 0 saturated carbocycles. The summed E-state index contributed by atoms with van der Waals surface area (Å²) in [6.07, 6.45) is 4.76. The van der Waals surface area contributed by atoms with Crippen LogP contribution in [0.3, 0.4) is 0 Å². The van der Waals surface area contributed by atoms with Gasteiger partial charge in [-0.25, -0.2) is 0 Å². The minimum atomic E-state index is -0.00498. The maximum Gasteiger partial charge on any atom is 0.260 e. The smallest absolute Gasteiger partial charge is 0.260 e. The largest absolute Gasteiger partial charge is 0.493 e. The second-order valence-electron chi connectivity index (χ2n) is 6.64. The van der Waals surface area contributed by atoms with E-state index in [0.29, 0.717) is 23.1 Å². The predicted octanol–water partition coefficient (Wildman–Crippen LogP) is 2.03. The van der Waals surface area contributed by atoms with E-state index in [1.54, 1.807) is 18.2 Å². The van der Waals surface area contributed by atoms with Gasteiger partial charge in [-0.15, -0.1) is 0 Å². The number of amides is 1. The molecule has 0 aromatic heterocycles. The highest BCUT2D eigenvalue weighted by atomic mass is 16.5. The highest BCUT2D eigenvalue weighted by molar-refractivity contribution is 5.78. The molecule has 2 aliphatic rings. The number of rotatable bonds is 5. The summed E-state index contributed by atoms with van der Waals surface area (Å²) in [5.74, 6) is 0.971. The molecule has 0 N–H and O–H groups in total. The van der Waals surface area contributed by atoms with Gasteiger partial charge in [0.2, 0.25) is 0 Å². The van der Waals surface area contributed by atoms with Gasteiger partial charge < -0.3 is 14.4 Å². The molecule has 0 radical (unpaired) electrons. The second kappa shape index (κ2) is 8.21. The van der Waals surface area contributed by atoms with E-state index in [2.05, 4.69) is 11.0 Å². The fraction of sp³-hybridized carbons (Fsp3) is 0.579. The number of carbonyl (C=O) groups excluding carboxylic acids is 1. The number of carbonyl (C=O) groups is 1. The van der Waals surface area contributed by atoms with Crippen molar-refractivity contribution in [1.82, 2.24) is 9.80 Å². The summed E-state index contributed by atoms with van der Waals surface area (Å²) in [6.45, 7) is 3.91. The summed E-state index contributed by atoms with van der Waals surface area (Å²) in [4.78, 5) is 17.0. The SMILES string of the molecule is COc1cc(C#N)ccc1OCC(=O)N1CCC[C@@H](N2CCCC2)C1. The van der Waals surface area contributed by atoms with Crippen LogP contribution in [-0.4, -0.2) is 61.6 Å². The fourth-order valence-corrected chi connectivity index (χ4v) is 3.67. The third kappa shape index (κ3) is 4.23. The van der Waals surface area contributed by atoms with Crippen molar-refractivity contribution in [2.24, 2.45) is 0 Å². The van der Waals surface area contributed by atoms with Crippen molar-refractivity contribution in [3.63, 3.8) is 0 Å². The number of nitrogens with zero attached hydrogens (tertiary/aromatic N) is 3. The van der Waals surface area contributed by atoms with Crippen LogP contribution >= 0.6 is 0 Å². The normalized spacial score (nSPS) is 21.0. The Kier molecular flexibility index (Phi) is 5.77. The molecule has 1 aromatic rings. The van der Waals surface area contributed by atoms with E-state index in [9.17, 15) is 4.79 Å². The zero-order chi connectivity index (χ0) is 17.6. The van der Waals surface area contributed by atoms with Gasteiger partial charge in [0.1, 0.15) is 0 Å². The number of nitriles is 1. The average molecular weight is 343 g/mol. The van der Waals surface area contributed by atoms with E-state index in [0.717, 1.165) is 32.6 Å². The van der Waals surface area contributed by atoms with Crippen molar-refractivity contribution >= 4 is 5.91 Å². The van der Waals surface area contributed by atoms with Crippen molar-refractivity contribution in [3.05, 3.63) is 23.8 Å². The first kappa shape index (κ1) is 17.6. The first-order chi connectivity index (χ1) is 12.2. The number of hydrogen-bond acceptors (Lipinski definition) is 5. The van der Waals surface area contributed by atoms with Crippen LogP contribution in [-0.2, 0) is 4.79 Å². The van der Waals surface area contributed by atoms with Crippen molar-refractivity contribution < 1.29 is 14.3 Å². The topological polar surface area (TPSA) is 65.8 Å². The van der Waals surface area contributed by atoms with E-state index in [4.69, 9.17) is 14.7 Å². The first-order valence-corrected chi connectivity index (χ1v) is 8.94. The highest BCUT2D eigenvalue weighted by Gasteiger charge is 2.29. The van der Waals surface area contributed by atoms with Crippen molar-refractivity contribution in [1.29, 1.82) is 5.26 Å². The summed E-state index contributed by atoms with van der Waals surface area (Å²) in [5.41, 5.74) is 0.500. The van der Waals surface area contributed by atoms with Gasteiger partial charge in [-0.05, 0) is 50.9 Å². The first-order valence-electron chi connectivity index (χ1n) is 8.94. The quantitative estimate of drug-likeness (QED) is 0.818. The molecule has 0 unspecified atom stereocenters. The molecule has 2 aliphatic heterocycles. The van der Waals surface area contributed by atoms with Gasteiger partial charge in [0.15, 0.2) is 18.1 Å². The highest BCUT2D eigenvalue weighted by Crippen LogP contribution is 2.28. The van der Waals surface area contributed by atoms with Crippen molar-refractivity contribution in [2.45, 2.75) is 31.7 Å². The summed E-state index contributed by atoms with van der Waals surface area (Å²) < 4.78 is 10.9. The lowest BCUT2D eigenvalue weighted by atomic mass is 10.0. The van der Waals surface area contributed by atoms with E-state index in [-0.39, 0.29) is 12.5 Å². The van der Waals surface area contributed by atoms with Gasteiger partial charge in [0.05, 0.1) is 18.7 Å². The standard InChI is InChI=1S/C19H25N3O3/c1-24-18-11-15(12-20)6-7-17(18)25-14-19(23)22-10-4-5-16(13-22)21-8-2-3-9-21/h6-7,11,16H,2-5,8-10,13-14H2,1H3/t16-/m1/s1. The van der Waals surface area contributed by atoms with Gasteiger partial charge in [0, 0.05) is 25.2 Å². The van der Waals surface area contributed by atoms with E-state index >= 15 is 0 Å². The molecule has 25 heavy (non-hydrogen) atoms. The lowest BCUT2D eigenvalue weighted by molar-refractivity contribution is -0.135. The number of hydrogen-bond donors (Lipinski definition) is 0. The Labute approximate surface area is 148 Å². The van der Waals surface area contributed by atoms with E-state index in [1.807, 2.05) is 4.90 Å². The second-order valence-corrected chi connectivity index (χ2v) is 6.64. The zero-order valence-corrected chi connectivity index (χ0v) is 14.7. The predicted molar refractivity (Wildman–Crippen MR) is 93.6 cm³/mol. The Morgan fingerprint density at radius 3 is 2.76 bits per heavy atom. The molecule has 0 aliphatic carbocycles. The Balaban J connectivity index is 1.56. The maximum absolute atomic E-state index is 12.5. The molecule has 1 amide bonds. The molecule has 3 rings (SSSR count). The third-order valence-electron chi connectivity index (χ3n) is 5.05. The molecule has 1 aromatic carbocycles. The zero-order valence-electron chi connectivity index (χ0n) is 14.7. The fourth-order valence-electron chi connectivity index (χ4n) is 3.67. The molecule has 134 valence electrons. The third-order valence-corrected chi connectivity index (χ3v) is 5.05. The van der Waals surface area contributed by atoms with E-state index < -0.39 is 0 Å². The van der Waals surface area contributed by atoms with Gasteiger partial charge in [0.25, 0.3) is 5.91 Å². The molecule has 6 heteroatoms. The Morgan fingerprint density at radius 2 is 2.04 bits per heavy atom. The lowest BCUT2D eigenvalue weighted by Gasteiger charge is -2.37. The maximum atomic E-state index is 12.5. The minimum Gasteiger partial charge on any atom is -0.493 e. The summed E-state index contributed by atoms with van der Waals surface area (Å²) in [6, 6.07) is 7.50. The molecule has 0 spiro atoms. The molecule has 1 atom stereocenters. The van der Waals surface area contributed by atoms with Crippen LogP contribution in [0, 0.1) is 11.3 Å². The average Bonchev–Trinajstić information content (AvgIpc) is 3.21. The van der Waals surface area contributed by atoms with Crippen LogP contribution < -0.4 is 9.47 Å². The van der Waals surface area contributed by atoms with Gasteiger partial charge in [-0.2, -0.15) is 5.26 Å². The number of likely N-dealkylation sites (tertiary alicyclic amines) is 2. The Morgan fingerprint density at radius 1 is 1.24 bits per heavy atom. The Bertz CT molecular complexity index is 650. The number of methoxy groups -OCH3 is 1. The van der Waals surface area contributed by atoms with Crippen LogP contribution in [0.1, 0.15) is 31.2 Å². The van der Waals surface area contributed by atoms with Crippen LogP contribution in [0.15, 0.2) is 18.2 Å². The van der Waals surface area contributed by atoms with E-state index in [1.165, 1.54) is 26.4 Å². The van der Waals surface area contributed by atoms with Crippen LogP contribution in [0.2, 0.25) is 0 Å². The minimum absolute atomic E-state index is 0.00498. The molecule has 2 heterocycles. The number of ether oxygens (including phenoxy) is 2. The van der Waals surface area contributed by atoms with Crippen LogP contribution in [0.25, 0.3) is 0 Å². The van der Waals surface area contributed by atoms with Gasteiger partial charge >= 0.3 is 0 Å². The Hall–Kier alpha value is -2.26. The molecule has 0 bridgehead atoms. The summed E-state index contributed by atoms with van der Waals surface area (Å²) in [5, 5.41) is 8.94.